The minimum atomic E-state index is -0.437. The Morgan fingerprint density at radius 1 is 1.46 bits per heavy atom. The van der Waals surface area contributed by atoms with Gasteiger partial charge in [-0.2, -0.15) is 0 Å². The summed E-state index contributed by atoms with van der Waals surface area (Å²) in [6, 6.07) is 4.27. The second-order valence-corrected chi connectivity index (χ2v) is 2.97. The quantitative estimate of drug-likeness (QED) is 0.762. The lowest BCUT2D eigenvalue weighted by Crippen LogP contribution is -2.06. The predicted molar refractivity (Wildman–Crippen MR) is 50.6 cm³/mol. The normalized spacial score (nSPS) is 10.1. The van der Waals surface area contributed by atoms with Crippen molar-refractivity contribution in [2.24, 2.45) is 5.73 Å². The minimum absolute atomic E-state index is 0.0743. The van der Waals surface area contributed by atoms with E-state index in [4.69, 9.17) is 22.1 Å². The van der Waals surface area contributed by atoms with E-state index in [1.165, 1.54) is 18.2 Å². The zero-order valence-corrected chi connectivity index (χ0v) is 7.85. The Kier molecular flexibility index (Phi) is 3.99. The third-order valence-electron chi connectivity index (χ3n) is 1.51. The second-order valence-electron chi connectivity index (χ2n) is 2.57. The van der Waals surface area contributed by atoms with E-state index in [-0.39, 0.29) is 5.02 Å². The molecule has 0 saturated heterocycles. The van der Waals surface area contributed by atoms with Gasteiger partial charge in [0.05, 0.1) is 11.6 Å². The fraction of sp³-hybridized carbons (Fsp3) is 0.333. The van der Waals surface area contributed by atoms with Crippen LogP contribution >= 0.6 is 11.6 Å². The highest BCUT2D eigenvalue weighted by Crippen LogP contribution is 2.20. The Balaban J connectivity index is 2.53. The molecule has 1 aromatic carbocycles. The van der Waals surface area contributed by atoms with E-state index in [0.717, 1.165) is 6.42 Å². The summed E-state index contributed by atoms with van der Waals surface area (Å²) in [5.41, 5.74) is 5.28. The Labute approximate surface area is 81.4 Å². The summed E-state index contributed by atoms with van der Waals surface area (Å²) < 4.78 is 17.9. The van der Waals surface area contributed by atoms with Crippen molar-refractivity contribution in [3.05, 3.63) is 29.0 Å². The van der Waals surface area contributed by atoms with E-state index in [1.54, 1.807) is 0 Å². The molecule has 2 N–H and O–H groups in total. The first-order valence-electron chi connectivity index (χ1n) is 4.02. The van der Waals surface area contributed by atoms with Crippen molar-refractivity contribution in [1.29, 1.82) is 0 Å². The zero-order chi connectivity index (χ0) is 9.68. The molecule has 0 atom stereocenters. The summed E-state index contributed by atoms with van der Waals surface area (Å²) >= 11 is 5.55. The zero-order valence-electron chi connectivity index (χ0n) is 7.09. The average Bonchev–Trinajstić information content (AvgIpc) is 2.12. The van der Waals surface area contributed by atoms with Gasteiger partial charge in [-0.25, -0.2) is 4.39 Å². The maximum absolute atomic E-state index is 12.7. The SMILES string of the molecule is NCCCOc1ccc(F)c(Cl)c1. The fourth-order valence-electron chi connectivity index (χ4n) is 0.840. The van der Waals surface area contributed by atoms with Gasteiger partial charge in [0.1, 0.15) is 11.6 Å². The second kappa shape index (κ2) is 5.04. The Morgan fingerprint density at radius 2 is 2.23 bits per heavy atom. The summed E-state index contributed by atoms with van der Waals surface area (Å²) in [4.78, 5) is 0. The van der Waals surface area contributed by atoms with Gasteiger partial charge in [0.2, 0.25) is 0 Å². The minimum Gasteiger partial charge on any atom is -0.493 e. The van der Waals surface area contributed by atoms with Crippen molar-refractivity contribution in [2.45, 2.75) is 6.42 Å². The van der Waals surface area contributed by atoms with Crippen LogP contribution in [0.3, 0.4) is 0 Å². The Morgan fingerprint density at radius 3 is 2.85 bits per heavy atom. The number of hydrogen-bond acceptors (Lipinski definition) is 2. The molecule has 0 heterocycles. The van der Waals surface area contributed by atoms with Crippen LogP contribution in [0.25, 0.3) is 0 Å². The Hall–Kier alpha value is -0.800. The van der Waals surface area contributed by atoms with Crippen LogP contribution < -0.4 is 10.5 Å². The molecule has 0 bridgehead atoms. The standard InChI is InChI=1S/C9H11ClFNO/c10-8-6-7(2-3-9(8)11)13-5-1-4-12/h2-3,6H,1,4-5,12H2. The molecule has 0 aliphatic heterocycles. The lowest BCUT2D eigenvalue weighted by Gasteiger charge is -2.05. The van der Waals surface area contributed by atoms with Crippen molar-refractivity contribution >= 4 is 11.6 Å². The highest BCUT2D eigenvalue weighted by Gasteiger charge is 2.00. The van der Waals surface area contributed by atoms with Crippen LogP contribution in [0.5, 0.6) is 5.75 Å². The number of hydrogen-bond donors (Lipinski definition) is 1. The van der Waals surface area contributed by atoms with Gasteiger partial charge in [0.25, 0.3) is 0 Å². The summed E-state index contributed by atoms with van der Waals surface area (Å²) in [6.45, 7) is 1.10. The van der Waals surface area contributed by atoms with Gasteiger partial charge in [0, 0.05) is 6.07 Å². The summed E-state index contributed by atoms with van der Waals surface area (Å²) in [7, 11) is 0. The Bertz CT molecular complexity index is 280. The van der Waals surface area contributed by atoms with Crippen molar-refractivity contribution in [2.75, 3.05) is 13.2 Å². The summed E-state index contributed by atoms with van der Waals surface area (Å²) in [6.07, 6.45) is 0.773. The fourth-order valence-corrected chi connectivity index (χ4v) is 1.01. The van der Waals surface area contributed by atoms with Gasteiger partial charge in [-0.15, -0.1) is 0 Å². The molecule has 0 aliphatic carbocycles. The van der Waals surface area contributed by atoms with E-state index < -0.39 is 5.82 Å². The molecule has 0 amide bonds. The van der Waals surface area contributed by atoms with Crippen molar-refractivity contribution in [3.63, 3.8) is 0 Å². The van der Waals surface area contributed by atoms with Crippen LogP contribution in [0.1, 0.15) is 6.42 Å². The van der Waals surface area contributed by atoms with E-state index in [0.29, 0.717) is 18.9 Å². The first-order chi connectivity index (χ1) is 6.24. The number of nitrogens with two attached hydrogens (primary N) is 1. The van der Waals surface area contributed by atoms with E-state index in [9.17, 15) is 4.39 Å². The molecule has 13 heavy (non-hydrogen) atoms. The van der Waals surface area contributed by atoms with E-state index >= 15 is 0 Å². The van der Waals surface area contributed by atoms with Crippen LogP contribution in [-0.2, 0) is 0 Å². The predicted octanol–water partition coefficient (Wildman–Crippen LogP) is 2.21. The molecule has 0 aliphatic rings. The molecule has 0 unspecified atom stereocenters. The third kappa shape index (κ3) is 3.20. The lowest BCUT2D eigenvalue weighted by molar-refractivity contribution is 0.313. The van der Waals surface area contributed by atoms with Gasteiger partial charge in [0.15, 0.2) is 0 Å². The number of benzene rings is 1. The maximum atomic E-state index is 12.7. The third-order valence-corrected chi connectivity index (χ3v) is 1.80. The molecule has 0 saturated carbocycles. The lowest BCUT2D eigenvalue weighted by atomic mass is 10.3. The summed E-state index contributed by atoms with van der Waals surface area (Å²) in [5.74, 6) is 0.132. The van der Waals surface area contributed by atoms with Crippen LogP contribution in [0.4, 0.5) is 4.39 Å². The monoisotopic (exact) mass is 203 g/mol. The summed E-state index contributed by atoms with van der Waals surface area (Å²) in [5, 5.41) is 0.0743. The molecule has 0 spiro atoms. The highest BCUT2D eigenvalue weighted by molar-refractivity contribution is 6.30. The maximum Gasteiger partial charge on any atom is 0.142 e. The molecule has 1 aromatic rings. The molecular weight excluding hydrogens is 193 g/mol. The van der Waals surface area contributed by atoms with Crippen molar-refractivity contribution < 1.29 is 9.13 Å². The van der Waals surface area contributed by atoms with Crippen LogP contribution in [-0.4, -0.2) is 13.2 Å². The molecule has 1 rings (SSSR count). The number of ether oxygens (including phenoxy) is 1. The molecule has 2 nitrogen and oxygen atoms in total. The van der Waals surface area contributed by atoms with Crippen LogP contribution in [0.15, 0.2) is 18.2 Å². The van der Waals surface area contributed by atoms with Gasteiger partial charge in [-0.3, -0.25) is 0 Å². The average molecular weight is 204 g/mol. The van der Waals surface area contributed by atoms with Gasteiger partial charge in [-0.1, -0.05) is 11.6 Å². The molecule has 0 aromatic heterocycles. The first-order valence-corrected chi connectivity index (χ1v) is 4.40. The van der Waals surface area contributed by atoms with Crippen molar-refractivity contribution in [1.82, 2.24) is 0 Å². The van der Waals surface area contributed by atoms with E-state index in [1.807, 2.05) is 0 Å². The van der Waals surface area contributed by atoms with Crippen molar-refractivity contribution in [3.8, 4) is 5.75 Å². The number of rotatable bonds is 4. The van der Waals surface area contributed by atoms with Gasteiger partial charge in [-0.05, 0) is 25.1 Å². The molecule has 0 radical (unpaired) electrons. The van der Waals surface area contributed by atoms with Gasteiger partial charge >= 0.3 is 0 Å². The molecule has 72 valence electrons. The largest absolute Gasteiger partial charge is 0.493 e. The van der Waals surface area contributed by atoms with E-state index in [2.05, 4.69) is 0 Å². The molecular formula is C9H11ClFNO. The molecule has 4 heteroatoms. The molecule has 0 fully saturated rings. The first kappa shape index (κ1) is 10.3. The highest BCUT2D eigenvalue weighted by atomic mass is 35.5. The van der Waals surface area contributed by atoms with Crippen LogP contribution in [0, 0.1) is 5.82 Å². The smallest absolute Gasteiger partial charge is 0.142 e. The number of halogens is 2. The van der Waals surface area contributed by atoms with Gasteiger partial charge < -0.3 is 10.5 Å². The van der Waals surface area contributed by atoms with Crippen LogP contribution in [0.2, 0.25) is 5.02 Å². The topological polar surface area (TPSA) is 35.2 Å².